The summed E-state index contributed by atoms with van der Waals surface area (Å²) in [5.74, 6) is 2.11. The molecule has 0 radical (unpaired) electrons. The third-order valence-electron chi connectivity index (χ3n) is 9.17. The SMILES string of the molecule is c1ccc(-c2nc3c(-c4nc(-c5ccc6ccccc6c5)nc(-c5ccccc5-c5ccccc5)n4)c4c(cc3o2)oc2ccccc24)cc1. The lowest BCUT2D eigenvalue weighted by Gasteiger charge is -2.13. The highest BCUT2D eigenvalue weighted by molar-refractivity contribution is 6.18. The lowest BCUT2D eigenvalue weighted by atomic mass is 9.99. The Balaban J connectivity index is 1.31. The van der Waals surface area contributed by atoms with Crippen LogP contribution in [0, 0.1) is 0 Å². The molecule has 3 aromatic heterocycles. The first kappa shape index (κ1) is 28.1. The Morgan fingerprint density at radius 3 is 1.88 bits per heavy atom. The van der Waals surface area contributed by atoms with Gasteiger partial charge in [0.2, 0.25) is 5.89 Å². The molecule has 0 aliphatic rings. The molecule has 0 saturated heterocycles. The maximum atomic E-state index is 6.43. The largest absolute Gasteiger partial charge is 0.456 e. The van der Waals surface area contributed by atoms with E-state index in [4.69, 9.17) is 28.8 Å². The standard InChI is InChI=1S/C44H26N4O2/c1-3-14-28(15-4-1)32-19-9-10-20-33(32)42-46-41(31-24-23-27-13-7-8-18-30(27)25-31)47-43(48-42)39-38-34-21-11-12-22-35(34)49-36(38)26-37-40(39)45-44(50-37)29-16-5-2-6-17-29/h1-26H. The van der Waals surface area contributed by atoms with E-state index in [1.165, 1.54) is 0 Å². The van der Waals surface area contributed by atoms with Gasteiger partial charge in [-0.05, 0) is 46.2 Å². The van der Waals surface area contributed by atoms with Crippen LogP contribution in [0.4, 0.5) is 0 Å². The van der Waals surface area contributed by atoms with Crippen LogP contribution in [0.2, 0.25) is 0 Å². The highest BCUT2D eigenvalue weighted by Gasteiger charge is 2.25. The fourth-order valence-corrected chi connectivity index (χ4v) is 6.81. The molecule has 50 heavy (non-hydrogen) atoms. The van der Waals surface area contributed by atoms with Crippen LogP contribution in [-0.2, 0) is 0 Å². The molecular formula is C44H26N4O2. The Kier molecular flexibility index (Phi) is 6.39. The molecule has 10 rings (SSSR count). The third-order valence-corrected chi connectivity index (χ3v) is 9.17. The normalized spacial score (nSPS) is 11.6. The molecule has 0 saturated carbocycles. The van der Waals surface area contributed by atoms with Crippen LogP contribution in [0.25, 0.3) is 101 Å². The number of para-hydroxylation sites is 1. The average molecular weight is 643 g/mol. The van der Waals surface area contributed by atoms with Crippen molar-refractivity contribution >= 4 is 43.8 Å². The van der Waals surface area contributed by atoms with Gasteiger partial charge in [0.25, 0.3) is 0 Å². The molecule has 10 aromatic rings. The maximum Gasteiger partial charge on any atom is 0.227 e. The molecule has 0 spiro atoms. The zero-order valence-electron chi connectivity index (χ0n) is 26.6. The summed E-state index contributed by atoms with van der Waals surface area (Å²) >= 11 is 0. The van der Waals surface area contributed by atoms with Crippen LogP contribution in [0.3, 0.4) is 0 Å². The van der Waals surface area contributed by atoms with Gasteiger partial charge in [0.15, 0.2) is 23.1 Å². The van der Waals surface area contributed by atoms with Crippen molar-refractivity contribution in [2.75, 3.05) is 0 Å². The van der Waals surface area contributed by atoms with Gasteiger partial charge >= 0.3 is 0 Å². The van der Waals surface area contributed by atoms with Crippen molar-refractivity contribution in [1.82, 2.24) is 19.9 Å². The minimum absolute atomic E-state index is 0.482. The van der Waals surface area contributed by atoms with Gasteiger partial charge in [0.1, 0.15) is 16.7 Å². The molecule has 0 atom stereocenters. The van der Waals surface area contributed by atoms with Gasteiger partial charge in [-0.2, -0.15) is 0 Å². The van der Waals surface area contributed by atoms with E-state index in [1.54, 1.807) is 0 Å². The number of nitrogens with zero attached hydrogens (tertiary/aromatic N) is 4. The summed E-state index contributed by atoms with van der Waals surface area (Å²) < 4.78 is 12.9. The summed E-state index contributed by atoms with van der Waals surface area (Å²) in [5, 5.41) is 4.07. The van der Waals surface area contributed by atoms with Gasteiger partial charge in [-0.1, -0.05) is 127 Å². The summed E-state index contributed by atoms with van der Waals surface area (Å²) in [6, 6.07) is 53.0. The first-order chi connectivity index (χ1) is 24.8. The lowest BCUT2D eigenvalue weighted by molar-refractivity contribution is 0.617. The van der Waals surface area contributed by atoms with Crippen LogP contribution in [0.5, 0.6) is 0 Å². The van der Waals surface area contributed by atoms with E-state index in [2.05, 4.69) is 60.7 Å². The number of hydrogen-bond acceptors (Lipinski definition) is 6. The summed E-state index contributed by atoms with van der Waals surface area (Å²) in [4.78, 5) is 20.8. The van der Waals surface area contributed by atoms with Gasteiger partial charge < -0.3 is 8.83 Å². The third kappa shape index (κ3) is 4.65. The second-order valence-electron chi connectivity index (χ2n) is 12.2. The van der Waals surface area contributed by atoms with Gasteiger partial charge in [0.05, 0.1) is 5.56 Å². The van der Waals surface area contributed by atoms with E-state index in [0.29, 0.717) is 40.0 Å². The van der Waals surface area contributed by atoms with Crippen molar-refractivity contribution in [2.45, 2.75) is 0 Å². The topological polar surface area (TPSA) is 77.8 Å². The summed E-state index contributed by atoms with van der Waals surface area (Å²) in [6.45, 7) is 0. The predicted molar refractivity (Wildman–Crippen MR) is 199 cm³/mol. The monoisotopic (exact) mass is 642 g/mol. The molecule has 0 amide bonds. The minimum Gasteiger partial charge on any atom is -0.456 e. The van der Waals surface area contributed by atoms with E-state index in [-0.39, 0.29) is 0 Å². The Labute approximate surface area is 286 Å². The molecule has 234 valence electrons. The number of fused-ring (bicyclic) bond motifs is 5. The predicted octanol–water partition coefficient (Wildman–Crippen LogP) is 11.4. The maximum absolute atomic E-state index is 6.43. The number of furan rings is 1. The molecule has 0 fully saturated rings. The van der Waals surface area contributed by atoms with Crippen molar-refractivity contribution in [3.63, 3.8) is 0 Å². The van der Waals surface area contributed by atoms with Gasteiger partial charge in [-0.15, -0.1) is 0 Å². The molecule has 6 heteroatoms. The highest BCUT2D eigenvalue weighted by atomic mass is 16.4. The molecule has 6 nitrogen and oxygen atoms in total. The second-order valence-corrected chi connectivity index (χ2v) is 12.2. The number of aromatic nitrogens is 4. The Morgan fingerprint density at radius 1 is 0.380 bits per heavy atom. The van der Waals surface area contributed by atoms with Crippen LogP contribution >= 0.6 is 0 Å². The van der Waals surface area contributed by atoms with E-state index in [9.17, 15) is 0 Å². The fourth-order valence-electron chi connectivity index (χ4n) is 6.81. The minimum atomic E-state index is 0.482. The Bertz CT molecular complexity index is 2880. The molecule has 3 heterocycles. The summed E-state index contributed by atoms with van der Waals surface area (Å²) in [7, 11) is 0. The highest BCUT2D eigenvalue weighted by Crippen LogP contribution is 2.43. The van der Waals surface area contributed by atoms with Crippen molar-refractivity contribution < 1.29 is 8.83 Å². The van der Waals surface area contributed by atoms with Crippen LogP contribution in [0.1, 0.15) is 0 Å². The fraction of sp³-hybridized carbons (Fsp3) is 0. The van der Waals surface area contributed by atoms with E-state index in [1.807, 2.05) is 97.1 Å². The van der Waals surface area contributed by atoms with Crippen LogP contribution < -0.4 is 0 Å². The van der Waals surface area contributed by atoms with E-state index < -0.39 is 0 Å². The summed E-state index contributed by atoms with van der Waals surface area (Å²) in [6.07, 6.45) is 0. The first-order valence-corrected chi connectivity index (χ1v) is 16.5. The Morgan fingerprint density at radius 2 is 1.04 bits per heavy atom. The number of oxazole rings is 1. The van der Waals surface area contributed by atoms with Crippen molar-refractivity contribution in [1.29, 1.82) is 0 Å². The van der Waals surface area contributed by atoms with Crippen molar-refractivity contribution in [3.05, 3.63) is 158 Å². The van der Waals surface area contributed by atoms with Crippen LogP contribution in [-0.4, -0.2) is 19.9 Å². The quantitative estimate of drug-likeness (QED) is 0.186. The number of benzene rings is 7. The molecule has 0 N–H and O–H groups in total. The molecule has 0 bridgehead atoms. The zero-order chi connectivity index (χ0) is 33.0. The molecule has 0 aliphatic carbocycles. The van der Waals surface area contributed by atoms with Gasteiger partial charge in [-0.25, -0.2) is 19.9 Å². The van der Waals surface area contributed by atoms with E-state index >= 15 is 0 Å². The molecule has 7 aromatic carbocycles. The molecule has 0 aliphatic heterocycles. The van der Waals surface area contributed by atoms with Gasteiger partial charge in [0, 0.05) is 33.5 Å². The smallest absolute Gasteiger partial charge is 0.227 e. The zero-order valence-corrected chi connectivity index (χ0v) is 26.6. The summed E-state index contributed by atoms with van der Waals surface area (Å²) in [5.41, 5.74) is 8.17. The van der Waals surface area contributed by atoms with Crippen molar-refractivity contribution in [2.24, 2.45) is 0 Å². The first-order valence-electron chi connectivity index (χ1n) is 16.5. The van der Waals surface area contributed by atoms with Gasteiger partial charge in [-0.3, -0.25) is 0 Å². The Hall–Kier alpha value is -6.92. The van der Waals surface area contributed by atoms with E-state index in [0.717, 1.165) is 60.5 Å². The average Bonchev–Trinajstić information content (AvgIpc) is 3.78. The van der Waals surface area contributed by atoms with Crippen LogP contribution in [0.15, 0.2) is 167 Å². The molecule has 0 unspecified atom stereocenters. The number of hydrogen-bond donors (Lipinski definition) is 0. The molecular weight excluding hydrogens is 617 g/mol. The second kappa shape index (κ2) is 11.4. The lowest BCUT2D eigenvalue weighted by Crippen LogP contribution is -2.02. The number of rotatable bonds is 5. The van der Waals surface area contributed by atoms with Crippen molar-refractivity contribution in [3.8, 4) is 56.7 Å².